The van der Waals surface area contributed by atoms with Crippen LogP contribution in [0.4, 0.5) is 0 Å². The molecule has 0 spiro atoms. The number of hydrogen-bond donors (Lipinski definition) is 1. The SMILES string of the molecule is Cc1nc(C2(NC(=O)c3cccc(CS(C)(=O)=O)c3)CCCC2)no1. The van der Waals surface area contributed by atoms with Crippen LogP contribution < -0.4 is 5.32 Å². The first-order valence-electron chi connectivity index (χ1n) is 8.17. The van der Waals surface area contributed by atoms with Gasteiger partial charge in [-0.15, -0.1) is 0 Å². The van der Waals surface area contributed by atoms with Crippen molar-refractivity contribution in [2.45, 2.75) is 43.9 Å². The van der Waals surface area contributed by atoms with Crippen LogP contribution in [-0.2, 0) is 21.1 Å². The molecule has 0 bridgehead atoms. The number of nitrogens with zero attached hydrogens (tertiary/aromatic N) is 2. The summed E-state index contributed by atoms with van der Waals surface area (Å²) in [5.74, 6) is 0.608. The highest BCUT2D eigenvalue weighted by atomic mass is 32.2. The fourth-order valence-corrected chi connectivity index (χ4v) is 4.06. The molecule has 25 heavy (non-hydrogen) atoms. The number of hydrogen-bond acceptors (Lipinski definition) is 6. The molecule has 1 amide bonds. The van der Waals surface area contributed by atoms with Crippen molar-refractivity contribution < 1.29 is 17.7 Å². The van der Waals surface area contributed by atoms with Gasteiger partial charge < -0.3 is 9.84 Å². The number of sulfone groups is 1. The summed E-state index contributed by atoms with van der Waals surface area (Å²) in [6.07, 6.45) is 4.62. The van der Waals surface area contributed by atoms with Crippen LogP contribution >= 0.6 is 0 Å². The Hall–Kier alpha value is -2.22. The van der Waals surface area contributed by atoms with Crippen molar-refractivity contribution in [2.75, 3.05) is 6.26 Å². The Morgan fingerprint density at radius 1 is 1.32 bits per heavy atom. The molecule has 1 heterocycles. The van der Waals surface area contributed by atoms with Crippen LogP contribution in [0.1, 0.15) is 53.3 Å². The monoisotopic (exact) mass is 363 g/mol. The highest BCUT2D eigenvalue weighted by Gasteiger charge is 2.41. The fraction of sp³-hybridized carbons (Fsp3) is 0.471. The molecule has 1 aromatic heterocycles. The predicted octanol–water partition coefficient (Wildman–Crippen LogP) is 2.12. The molecule has 0 unspecified atom stereocenters. The number of aromatic nitrogens is 2. The van der Waals surface area contributed by atoms with E-state index < -0.39 is 15.4 Å². The Balaban J connectivity index is 1.84. The summed E-state index contributed by atoms with van der Waals surface area (Å²) >= 11 is 0. The minimum Gasteiger partial charge on any atom is -0.340 e. The average molecular weight is 363 g/mol. The molecule has 0 atom stereocenters. The van der Waals surface area contributed by atoms with Gasteiger partial charge in [-0.3, -0.25) is 4.79 Å². The molecule has 0 saturated heterocycles. The van der Waals surface area contributed by atoms with Gasteiger partial charge in [-0.2, -0.15) is 4.98 Å². The molecule has 3 rings (SSSR count). The number of carbonyl (C=O) groups is 1. The Kier molecular flexibility index (Phi) is 4.64. The van der Waals surface area contributed by atoms with Crippen LogP contribution in [0.5, 0.6) is 0 Å². The van der Waals surface area contributed by atoms with Crippen LogP contribution in [-0.4, -0.2) is 30.7 Å². The number of rotatable bonds is 5. The summed E-state index contributed by atoms with van der Waals surface area (Å²) in [5, 5.41) is 7.06. The van der Waals surface area contributed by atoms with E-state index in [0.717, 1.165) is 25.7 Å². The van der Waals surface area contributed by atoms with Crippen LogP contribution in [0.3, 0.4) is 0 Å². The second-order valence-electron chi connectivity index (χ2n) is 6.65. The van der Waals surface area contributed by atoms with Gasteiger partial charge in [0.15, 0.2) is 15.7 Å². The van der Waals surface area contributed by atoms with E-state index in [1.165, 1.54) is 6.26 Å². The molecule has 0 aliphatic heterocycles. The normalized spacial score (nSPS) is 16.7. The smallest absolute Gasteiger partial charge is 0.252 e. The zero-order valence-corrected chi connectivity index (χ0v) is 15.1. The molecular weight excluding hydrogens is 342 g/mol. The van der Waals surface area contributed by atoms with Crippen LogP contribution in [0.15, 0.2) is 28.8 Å². The first kappa shape index (κ1) is 17.6. The van der Waals surface area contributed by atoms with E-state index in [2.05, 4.69) is 15.5 Å². The second-order valence-corrected chi connectivity index (χ2v) is 8.79. The summed E-state index contributed by atoms with van der Waals surface area (Å²) in [6, 6.07) is 6.67. The number of amides is 1. The number of benzene rings is 1. The lowest BCUT2D eigenvalue weighted by Crippen LogP contribution is -2.44. The molecule has 1 aromatic carbocycles. The van der Waals surface area contributed by atoms with E-state index in [-0.39, 0.29) is 11.7 Å². The lowest BCUT2D eigenvalue weighted by atomic mass is 9.95. The predicted molar refractivity (Wildman–Crippen MR) is 91.6 cm³/mol. The topological polar surface area (TPSA) is 102 Å². The van der Waals surface area contributed by atoms with Gasteiger partial charge in [0, 0.05) is 18.7 Å². The molecule has 0 radical (unpaired) electrons. The second kappa shape index (κ2) is 6.59. The zero-order valence-electron chi connectivity index (χ0n) is 14.3. The highest BCUT2D eigenvalue weighted by molar-refractivity contribution is 7.89. The molecule has 1 aliphatic rings. The van der Waals surface area contributed by atoms with Crippen molar-refractivity contribution in [2.24, 2.45) is 0 Å². The largest absolute Gasteiger partial charge is 0.340 e. The maximum absolute atomic E-state index is 12.8. The van der Waals surface area contributed by atoms with Crippen LogP contribution in [0, 0.1) is 6.92 Å². The van der Waals surface area contributed by atoms with Crippen molar-refractivity contribution in [3.05, 3.63) is 47.1 Å². The summed E-state index contributed by atoms with van der Waals surface area (Å²) in [5.41, 5.74) is 0.389. The highest BCUT2D eigenvalue weighted by Crippen LogP contribution is 2.37. The van der Waals surface area contributed by atoms with Crippen molar-refractivity contribution in [3.8, 4) is 0 Å². The Labute approximate surface area is 146 Å². The molecule has 1 fully saturated rings. The molecule has 7 nitrogen and oxygen atoms in total. The molecule has 134 valence electrons. The van der Waals surface area contributed by atoms with Gasteiger partial charge in [0.25, 0.3) is 5.91 Å². The van der Waals surface area contributed by atoms with Crippen molar-refractivity contribution in [1.29, 1.82) is 0 Å². The lowest BCUT2D eigenvalue weighted by Gasteiger charge is -2.26. The van der Waals surface area contributed by atoms with Crippen molar-refractivity contribution in [3.63, 3.8) is 0 Å². The molecule has 1 aliphatic carbocycles. The molecular formula is C17H21N3O4S. The number of carbonyl (C=O) groups excluding carboxylic acids is 1. The van der Waals surface area contributed by atoms with E-state index in [1.54, 1.807) is 31.2 Å². The lowest BCUT2D eigenvalue weighted by molar-refractivity contribution is 0.0891. The summed E-state index contributed by atoms with van der Waals surface area (Å²) in [4.78, 5) is 17.1. The maximum atomic E-state index is 12.8. The van der Waals surface area contributed by atoms with Crippen molar-refractivity contribution >= 4 is 15.7 Å². The quantitative estimate of drug-likeness (QED) is 0.873. The minimum atomic E-state index is -3.16. The third-order valence-corrected chi connectivity index (χ3v) is 5.24. The van der Waals surface area contributed by atoms with Crippen LogP contribution in [0.2, 0.25) is 0 Å². The standard InChI is InChI=1S/C17H21N3O4S/c1-12-18-16(20-24-12)17(8-3-4-9-17)19-15(21)14-7-5-6-13(10-14)11-25(2,22)23/h5-7,10H,3-4,8-9,11H2,1-2H3,(H,19,21). The van der Waals surface area contributed by atoms with Gasteiger partial charge >= 0.3 is 0 Å². The van der Waals surface area contributed by atoms with Gasteiger partial charge in [0.1, 0.15) is 5.54 Å². The first-order chi connectivity index (χ1) is 11.8. The van der Waals surface area contributed by atoms with E-state index in [1.807, 2.05) is 0 Å². The van der Waals surface area contributed by atoms with E-state index in [4.69, 9.17) is 4.52 Å². The van der Waals surface area contributed by atoms with Gasteiger partial charge in [-0.05, 0) is 30.5 Å². The minimum absolute atomic E-state index is 0.0939. The van der Waals surface area contributed by atoms with Gasteiger partial charge in [0.2, 0.25) is 5.89 Å². The Morgan fingerprint density at radius 2 is 2.04 bits per heavy atom. The summed E-state index contributed by atoms with van der Waals surface area (Å²) in [7, 11) is -3.16. The Bertz CT molecular complexity index is 883. The van der Waals surface area contributed by atoms with Crippen LogP contribution in [0.25, 0.3) is 0 Å². The first-order valence-corrected chi connectivity index (χ1v) is 10.2. The van der Waals surface area contributed by atoms with Gasteiger partial charge in [0.05, 0.1) is 5.75 Å². The van der Waals surface area contributed by atoms with E-state index >= 15 is 0 Å². The molecule has 1 saturated carbocycles. The average Bonchev–Trinajstić information content (AvgIpc) is 3.16. The van der Waals surface area contributed by atoms with Crippen molar-refractivity contribution in [1.82, 2.24) is 15.5 Å². The molecule has 1 N–H and O–H groups in total. The summed E-state index contributed by atoms with van der Waals surface area (Å²) < 4.78 is 28.0. The van der Waals surface area contributed by atoms with Gasteiger partial charge in [-0.25, -0.2) is 8.42 Å². The third kappa shape index (κ3) is 4.07. The summed E-state index contributed by atoms with van der Waals surface area (Å²) in [6.45, 7) is 1.72. The number of nitrogens with one attached hydrogen (secondary N) is 1. The fourth-order valence-electron chi connectivity index (χ4n) is 3.27. The Morgan fingerprint density at radius 3 is 2.64 bits per heavy atom. The molecule has 2 aromatic rings. The van der Waals surface area contributed by atoms with E-state index in [9.17, 15) is 13.2 Å². The molecule has 8 heteroatoms. The maximum Gasteiger partial charge on any atom is 0.252 e. The van der Waals surface area contributed by atoms with E-state index in [0.29, 0.717) is 22.8 Å². The third-order valence-electron chi connectivity index (χ3n) is 4.38. The number of aryl methyl sites for hydroxylation is 1. The zero-order chi connectivity index (χ0) is 18.1. The van der Waals surface area contributed by atoms with Gasteiger partial charge in [-0.1, -0.05) is 30.1 Å².